The summed E-state index contributed by atoms with van der Waals surface area (Å²) in [5.41, 5.74) is 3.15. The molecule has 3 aromatic rings. The minimum Gasteiger partial charge on any atom is -0.326 e. The van der Waals surface area contributed by atoms with Crippen LogP contribution in [0, 0.1) is 5.82 Å². The number of benzene rings is 2. The van der Waals surface area contributed by atoms with E-state index in [1.54, 1.807) is 0 Å². The number of carbonyl (C=O) groups is 2. The predicted octanol–water partition coefficient (Wildman–Crippen LogP) is 5.46. The zero-order chi connectivity index (χ0) is 21.2. The van der Waals surface area contributed by atoms with Gasteiger partial charge in [-0.25, -0.2) is 9.37 Å². The van der Waals surface area contributed by atoms with Gasteiger partial charge in [-0.05, 0) is 29.2 Å². The van der Waals surface area contributed by atoms with Gasteiger partial charge in [0.25, 0.3) is 5.91 Å². The van der Waals surface area contributed by atoms with E-state index in [9.17, 15) is 14.0 Å². The van der Waals surface area contributed by atoms with Crippen molar-refractivity contribution in [2.24, 2.45) is 0 Å². The highest BCUT2D eigenvalue weighted by Gasteiger charge is 2.16. The quantitative estimate of drug-likeness (QED) is 0.599. The molecule has 1 heterocycles. The van der Waals surface area contributed by atoms with Crippen LogP contribution >= 0.6 is 11.3 Å². The molecule has 0 spiro atoms. The first kappa shape index (κ1) is 20.7. The normalized spacial score (nSPS) is 11.2. The van der Waals surface area contributed by atoms with Crippen LogP contribution in [0.1, 0.15) is 43.6 Å². The van der Waals surface area contributed by atoms with Gasteiger partial charge in [0.1, 0.15) is 5.82 Å². The van der Waals surface area contributed by atoms with Crippen molar-refractivity contribution < 1.29 is 14.0 Å². The van der Waals surface area contributed by atoms with Crippen LogP contribution in [0.4, 0.5) is 15.2 Å². The average Bonchev–Trinajstić information content (AvgIpc) is 3.10. The Labute approximate surface area is 173 Å². The number of carbonyl (C=O) groups excluding carboxylic acids is 2. The number of rotatable bonds is 4. The summed E-state index contributed by atoms with van der Waals surface area (Å²) < 4.78 is 14.1. The largest absolute Gasteiger partial charge is 0.326 e. The van der Waals surface area contributed by atoms with Crippen molar-refractivity contribution in [1.82, 2.24) is 4.98 Å². The van der Waals surface area contributed by atoms with Crippen LogP contribution in [0.15, 0.2) is 47.8 Å². The van der Waals surface area contributed by atoms with Gasteiger partial charge in [-0.1, -0.05) is 45.0 Å². The zero-order valence-corrected chi connectivity index (χ0v) is 17.5. The molecule has 1 aromatic heterocycles. The molecule has 0 bridgehead atoms. The van der Waals surface area contributed by atoms with Gasteiger partial charge in [-0.2, -0.15) is 0 Å². The Morgan fingerprint density at radius 3 is 2.34 bits per heavy atom. The van der Waals surface area contributed by atoms with Crippen molar-refractivity contribution in [3.05, 3.63) is 64.8 Å². The number of amides is 2. The van der Waals surface area contributed by atoms with Crippen LogP contribution in [0.3, 0.4) is 0 Å². The number of halogens is 1. The highest BCUT2D eigenvalue weighted by atomic mass is 32.1. The van der Waals surface area contributed by atoms with Gasteiger partial charge in [-0.15, -0.1) is 11.3 Å². The van der Waals surface area contributed by atoms with E-state index in [4.69, 9.17) is 0 Å². The van der Waals surface area contributed by atoms with Gasteiger partial charge >= 0.3 is 0 Å². The Bertz CT molecular complexity index is 1050. The van der Waals surface area contributed by atoms with Gasteiger partial charge in [0.15, 0.2) is 5.13 Å². The molecule has 7 heteroatoms. The molecule has 3 rings (SSSR count). The van der Waals surface area contributed by atoms with E-state index in [2.05, 4.69) is 48.5 Å². The van der Waals surface area contributed by atoms with E-state index in [-0.39, 0.29) is 16.9 Å². The van der Waals surface area contributed by atoms with Gasteiger partial charge in [0, 0.05) is 23.6 Å². The van der Waals surface area contributed by atoms with Crippen LogP contribution in [0.5, 0.6) is 0 Å². The monoisotopic (exact) mass is 411 g/mol. The lowest BCUT2D eigenvalue weighted by Gasteiger charge is -2.18. The molecule has 150 valence electrons. The molecule has 0 saturated heterocycles. The average molecular weight is 412 g/mol. The van der Waals surface area contributed by atoms with Crippen molar-refractivity contribution in [3.63, 3.8) is 0 Å². The summed E-state index contributed by atoms with van der Waals surface area (Å²) in [5, 5.41) is 7.36. The van der Waals surface area contributed by atoms with Crippen molar-refractivity contribution in [2.75, 3.05) is 10.6 Å². The summed E-state index contributed by atoms with van der Waals surface area (Å²) in [7, 11) is 0. The molecular weight excluding hydrogens is 389 g/mol. The smallest absolute Gasteiger partial charge is 0.260 e. The lowest BCUT2D eigenvalue weighted by Crippen LogP contribution is -2.15. The first-order valence-corrected chi connectivity index (χ1v) is 9.96. The summed E-state index contributed by atoms with van der Waals surface area (Å²) in [6, 6.07) is 12.0. The highest BCUT2D eigenvalue weighted by Crippen LogP contribution is 2.28. The van der Waals surface area contributed by atoms with Crippen LogP contribution < -0.4 is 10.6 Å². The first-order chi connectivity index (χ1) is 13.6. The molecule has 0 fully saturated rings. The third kappa shape index (κ3) is 5.06. The molecule has 0 aliphatic rings. The Balaban J connectivity index is 1.76. The number of aromatic nitrogens is 1. The lowest BCUT2D eigenvalue weighted by atomic mass is 9.86. The van der Waals surface area contributed by atoms with Crippen molar-refractivity contribution in [3.8, 4) is 11.3 Å². The minimum absolute atomic E-state index is 0.0651. The fourth-order valence-electron chi connectivity index (χ4n) is 2.75. The predicted molar refractivity (Wildman–Crippen MR) is 115 cm³/mol. The standard InChI is InChI=1S/C22H22FN3O2S/c1-13(27)24-16-9-10-18(23)17(11-16)20(28)26-21-25-19(12-29-21)14-5-7-15(8-6-14)22(2,3)4/h5-12H,1-4H3,(H,24,27)(H,25,26,28). The fraction of sp³-hybridized carbons (Fsp3) is 0.227. The molecule has 0 radical (unpaired) electrons. The van der Waals surface area contributed by atoms with Crippen LogP contribution in [0.2, 0.25) is 0 Å². The molecule has 0 unspecified atom stereocenters. The molecule has 2 N–H and O–H groups in total. The molecular formula is C22H22FN3O2S. The molecule has 2 amide bonds. The third-order valence-corrected chi connectivity index (χ3v) is 5.06. The topological polar surface area (TPSA) is 71.1 Å². The summed E-state index contributed by atoms with van der Waals surface area (Å²) in [5.74, 6) is -1.60. The maximum absolute atomic E-state index is 14.1. The third-order valence-electron chi connectivity index (χ3n) is 4.30. The van der Waals surface area contributed by atoms with E-state index in [0.29, 0.717) is 10.8 Å². The van der Waals surface area contributed by atoms with Gasteiger partial charge in [0.05, 0.1) is 11.3 Å². The fourth-order valence-corrected chi connectivity index (χ4v) is 3.46. The van der Waals surface area contributed by atoms with Crippen molar-refractivity contribution in [2.45, 2.75) is 33.1 Å². The molecule has 0 aliphatic heterocycles. The van der Waals surface area contributed by atoms with Crippen molar-refractivity contribution >= 4 is 34.0 Å². The Morgan fingerprint density at radius 1 is 1.03 bits per heavy atom. The zero-order valence-electron chi connectivity index (χ0n) is 16.7. The Kier molecular flexibility index (Phi) is 5.79. The van der Waals surface area contributed by atoms with Gasteiger partial charge in [0.2, 0.25) is 5.91 Å². The highest BCUT2D eigenvalue weighted by molar-refractivity contribution is 7.14. The van der Waals surface area contributed by atoms with Crippen LogP contribution in [-0.2, 0) is 10.2 Å². The second kappa shape index (κ2) is 8.13. The van der Waals surface area contributed by atoms with Crippen molar-refractivity contribution in [1.29, 1.82) is 0 Å². The number of anilines is 2. The first-order valence-electron chi connectivity index (χ1n) is 9.08. The second-order valence-electron chi connectivity index (χ2n) is 7.70. The summed E-state index contributed by atoms with van der Waals surface area (Å²) in [6.07, 6.45) is 0. The molecule has 0 atom stereocenters. The summed E-state index contributed by atoms with van der Waals surface area (Å²) in [4.78, 5) is 28.1. The van der Waals surface area contributed by atoms with Gasteiger partial charge < -0.3 is 5.32 Å². The SMILES string of the molecule is CC(=O)Nc1ccc(F)c(C(=O)Nc2nc(-c3ccc(C(C)(C)C)cc3)cs2)c1. The van der Waals surface area contributed by atoms with E-state index >= 15 is 0 Å². The van der Waals surface area contributed by atoms with E-state index < -0.39 is 11.7 Å². The molecule has 0 aliphatic carbocycles. The number of hydrogen-bond acceptors (Lipinski definition) is 4. The second-order valence-corrected chi connectivity index (χ2v) is 8.55. The van der Waals surface area contributed by atoms with Gasteiger partial charge in [-0.3, -0.25) is 14.9 Å². The molecule has 5 nitrogen and oxygen atoms in total. The molecule has 2 aromatic carbocycles. The minimum atomic E-state index is -0.675. The van der Waals surface area contributed by atoms with E-state index in [1.807, 2.05) is 17.5 Å². The number of nitrogens with one attached hydrogen (secondary N) is 2. The lowest BCUT2D eigenvalue weighted by molar-refractivity contribution is -0.114. The molecule has 0 saturated carbocycles. The van der Waals surface area contributed by atoms with Crippen LogP contribution in [0.25, 0.3) is 11.3 Å². The number of nitrogens with zero attached hydrogens (tertiary/aromatic N) is 1. The Morgan fingerprint density at radius 2 is 1.72 bits per heavy atom. The summed E-state index contributed by atoms with van der Waals surface area (Å²) >= 11 is 1.26. The number of thiazole rings is 1. The van der Waals surface area contributed by atoms with Crippen LogP contribution in [-0.4, -0.2) is 16.8 Å². The maximum Gasteiger partial charge on any atom is 0.260 e. The maximum atomic E-state index is 14.1. The summed E-state index contributed by atoms with van der Waals surface area (Å²) in [6.45, 7) is 7.80. The number of hydrogen-bond donors (Lipinski definition) is 2. The van der Waals surface area contributed by atoms with E-state index in [0.717, 1.165) is 17.3 Å². The van der Waals surface area contributed by atoms with E-state index in [1.165, 1.54) is 36.0 Å². The Hall–Kier alpha value is -3.06. The molecule has 29 heavy (non-hydrogen) atoms.